The lowest BCUT2D eigenvalue weighted by Crippen LogP contribution is -2.49. The molecule has 0 aliphatic carbocycles. The molecule has 2 aromatic heterocycles. The molecule has 1 fully saturated rings. The van der Waals surface area contributed by atoms with Crippen LogP contribution in [0.2, 0.25) is 0 Å². The maximum atomic E-state index is 13.2. The van der Waals surface area contributed by atoms with Gasteiger partial charge in [-0.25, -0.2) is 4.79 Å². The Kier molecular flexibility index (Phi) is 6.65. The zero-order valence-corrected chi connectivity index (χ0v) is 21.6. The molecular weight excluding hydrogens is 468 g/mol. The molecule has 37 heavy (non-hydrogen) atoms. The maximum Gasteiger partial charge on any atom is 0.349 e. The number of rotatable bonds is 5. The van der Waals surface area contributed by atoms with Crippen LogP contribution < -0.4 is 15.3 Å². The van der Waals surface area contributed by atoms with Gasteiger partial charge in [0.1, 0.15) is 5.56 Å². The molecule has 0 atom stereocenters. The van der Waals surface area contributed by atoms with Crippen LogP contribution in [0.25, 0.3) is 22.2 Å². The summed E-state index contributed by atoms with van der Waals surface area (Å²) in [6, 6.07) is 15.2. The number of ether oxygens (including phenoxy) is 1. The number of hydrogen-bond acceptors (Lipinski definition) is 7. The second-order valence-electron chi connectivity index (χ2n) is 9.36. The largest absolute Gasteiger partial charge is 0.490 e. The van der Waals surface area contributed by atoms with Crippen LogP contribution in [-0.4, -0.2) is 53.8 Å². The lowest BCUT2D eigenvalue weighted by atomic mass is 9.99. The van der Waals surface area contributed by atoms with Gasteiger partial charge in [-0.05, 0) is 74.7 Å². The van der Waals surface area contributed by atoms with E-state index in [1.54, 1.807) is 23.1 Å². The number of anilines is 1. The third-order valence-corrected chi connectivity index (χ3v) is 6.91. The molecule has 1 aliphatic rings. The van der Waals surface area contributed by atoms with Crippen LogP contribution >= 0.6 is 0 Å². The molecule has 0 bridgehead atoms. The zero-order valence-electron chi connectivity index (χ0n) is 21.6. The van der Waals surface area contributed by atoms with Crippen molar-refractivity contribution in [2.45, 2.75) is 27.7 Å². The number of amides is 1. The van der Waals surface area contributed by atoms with Crippen molar-refractivity contribution in [3.63, 3.8) is 0 Å². The van der Waals surface area contributed by atoms with Crippen molar-refractivity contribution in [2.24, 2.45) is 0 Å². The van der Waals surface area contributed by atoms with Crippen LogP contribution in [-0.2, 0) is 0 Å². The highest BCUT2D eigenvalue weighted by Gasteiger charge is 2.26. The Bertz CT molecular complexity index is 1520. The highest BCUT2D eigenvalue weighted by atomic mass is 16.5. The number of piperazine rings is 1. The fourth-order valence-corrected chi connectivity index (χ4v) is 4.72. The standard InChI is InChI=1S/C29H30N4O4/c1-5-36-25-8-6-7-21-17-23(29(35)37-27(21)25)28(34)33-13-11-32(12-14-33)26-10-9-24(30-31-26)22-16-19(3)18(2)15-20(22)4/h6-10,15-17H,5,11-14H2,1-4H3. The van der Waals surface area contributed by atoms with E-state index in [-0.39, 0.29) is 11.5 Å². The van der Waals surface area contributed by atoms with Gasteiger partial charge < -0.3 is 19.0 Å². The lowest BCUT2D eigenvalue weighted by Gasteiger charge is -2.35. The molecule has 4 aromatic rings. The number of para-hydroxylation sites is 1. The molecule has 5 rings (SSSR count). The first-order chi connectivity index (χ1) is 17.9. The van der Waals surface area contributed by atoms with Gasteiger partial charge in [0, 0.05) is 37.1 Å². The Morgan fingerprint density at radius 3 is 2.41 bits per heavy atom. The van der Waals surface area contributed by atoms with Crippen LogP contribution in [0.4, 0.5) is 5.82 Å². The summed E-state index contributed by atoms with van der Waals surface area (Å²) >= 11 is 0. The molecule has 0 spiro atoms. The molecule has 3 heterocycles. The minimum Gasteiger partial charge on any atom is -0.490 e. The predicted octanol–water partition coefficient (Wildman–Crippen LogP) is 4.54. The van der Waals surface area contributed by atoms with E-state index in [1.807, 2.05) is 25.1 Å². The van der Waals surface area contributed by atoms with E-state index in [2.05, 4.69) is 48.0 Å². The first kappa shape index (κ1) is 24.5. The van der Waals surface area contributed by atoms with Crippen molar-refractivity contribution < 1.29 is 13.9 Å². The minimum atomic E-state index is -0.657. The van der Waals surface area contributed by atoms with Crippen molar-refractivity contribution in [3.8, 4) is 17.0 Å². The first-order valence-electron chi connectivity index (χ1n) is 12.5. The highest BCUT2D eigenvalue weighted by molar-refractivity contribution is 5.97. The lowest BCUT2D eigenvalue weighted by molar-refractivity contribution is 0.0742. The molecule has 1 aliphatic heterocycles. The van der Waals surface area contributed by atoms with E-state index >= 15 is 0 Å². The average molecular weight is 499 g/mol. The van der Waals surface area contributed by atoms with E-state index in [9.17, 15) is 9.59 Å². The second-order valence-corrected chi connectivity index (χ2v) is 9.36. The fourth-order valence-electron chi connectivity index (χ4n) is 4.72. The van der Waals surface area contributed by atoms with Crippen LogP contribution in [0, 0.1) is 20.8 Å². The normalized spacial score (nSPS) is 13.7. The third-order valence-electron chi connectivity index (χ3n) is 6.91. The summed E-state index contributed by atoms with van der Waals surface area (Å²) in [6.07, 6.45) is 0. The van der Waals surface area contributed by atoms with Gasteiger partial charge in [0.05, 0.1) is 12.3 Å². The third kappa shape index (κ3) is 4.79. The maximum absolute atomic E-state index is 13.2. The second kappa shape index (κ2) is 10.0. The van der Waals surface area contributed by atoms with Crippen molar-refractivity contribution in [2.75, 3.05) is 37.7 Å². The quantitative estimate of drug-likeness (QED) is 0.373. The van der Waals surface area contributed by atoms with Crippen molar-refractivity contribution in [1.82, 2.24) is 15.1 Å². The van der Waals surface area contributed by atoms with E-state index in [0.717, 1.165) is 17.1 Å². The molecule has 8 heteroatoms. The molecule has 0 radical (unpaired) electrons. The fraction of sp³-hybridized carbons (Fsp3) is 0.310. The molecule has 1 amide bonds. The zero-order chi connectivity index (χ0) is 26.1. The summed E-state index contributed by atoms with van der Waals surface area (Å²) in [5.41, 5.74) is 5.31. The first-order valence-corrected chi connectivity index (χ1v) is 12.5. The summed E-state index contributed by atoms with van der Waals surface area (Å²) in [6.45, 7) is 10.7. The molecule has 0 unspecified atom stereocenters. The Morgan fingerprint density at radius 2 is 1.70 bits per heavy atom. The van der Waals surface area contributed by atoms with E-state index < -0.39 is 5.63 Å². The topological polar surface area (TPSA) is 88.8 Å². The SMILES string of the molecule is CCOc1cccc2cc(C(=O)N3CCN(c4ccc(-c5cc(C)c(C)cc5C)nn4)CC3)c(=O)oc12. The minimum absolute atomic E-state index is 0.0301. The van der Waals surface area contributed by atoms with Gasteiger partial charge >= 0.3 is 5.63 Å². The number of fused-ring (bicyclic) bond motifs is 1. The van der Waals surface area contributed by atoms with Gasteiger partial charge in [0.2, 0.25) is 0 Å². The van der Waals surface area contributed by atoms with Gasteiger partial charge in [-0.1, -0.05) is 18.2 Å². The summed E-state index contributed by atoms with van der Waals surface area (Å²) in [5, 5.41) is 9.60. The molecule has 0 saturated carbocycles. The smallest absolute Gasteiger partial charge is 0.349 e. The molecule has 2 aromatic carbocycles. The number of nitrogens with zero attached hydrogens (tertiary/aromatic N) is 4. The van der Waals surface area contributed by atoms with Gasteiger partial charge in [-0.2, -0.15) is 0 Å². The Hall–Kier alpha value is -4.20. The predicted molar refractivity (Wildman–Crippen MR) is 143 cm³/mol. The molecule has 8 nitrogen and oxygen atoms in total. The Labute approximate surface area is 215 Å². The van der Waals surface area contributed by atoms with E-state index in [1.165, 1.54) is 16.7 Å². The van der Waals surface area contributed by atoms with E-state index in [4.69, 9.17) is 9.15 Å². The van der Waals surface area contributed by atoms with E-state index in [0.29, 0.717) is 49.5 Å². The van der Waals surface area contributed by atoms with Gasteiger partial charge in [-0.15, -0.1) is 10.2 Å². The van der Waals surface area contributed by atoms with Crippen molar-refractivity contribution >= 4 is 22.7 Å². The number of benzene rings is 2. The summed E-state index contributed by atoms with van der Waals surface area (Å²) in [4.78, 5) is 29.6. The average Bonchev–Trinajstić information content (AvgIpc) is 2.91. The van der Waals surface area contributed by atoms with Crippen LogP contribution in [0.15, 0.2) is 57.7 Å². The Morgan fingerprint density at radius 1 is 0.946 bits per heavy atom. The summed E-state index contributed by atoms with van der Waals surface area (Å²) in [7, 11) is 0. The summed E-state index contributed by atoms with van der Waals surface area (Å²) < 4.78 is 11.0. The number of aromatic nitrogens is 2. The molecular formula is C29H30N4O4. The molecule has 190 valence electrons. The summed E-state index contributed by atoms with van der Waals surface area (Å²) in [5.74, 6) is 0.930. The molecule has 1 saturated heterocycles. The number of aryl methyl sites for hydroxylation is 3. The van der Waals surface area contributed by atoms with Gasteiger partial charge in [0.15, 0.2) is 17.2 Å². The van der Waals surface area contributed by atoms with Gasteiger partial charge in [-0.3, -0.25) is 4.79 Å². The highest BCUT2D eigenvalue weighted by Crippen LogP contribution is 2.27. The van der Waals surface area contributed by atoms with Crippen LogP contribution in [0.5, 0.6) is 5.75 Å². The number of carbonyl (C=O) groups excluding carboxylic acids is 1. The number of carbonyl (C=O) groups is 1. The van der Waals surface area contributed by atoms with Gasteiger partial charge in [0.25, 0.3) is 5.91 Å². The molecule has 0 N–H and O–H groups in total. The van der Waals surface area contributed by atoms with Crippen molar-refractivity contribution in [3.05, 3.63) is 81.2 Å². The van der Waals surface area contributed by atoms with Crippen LogP contribution in [0.1, 0.15) is 34.0 Å². The van der Waals surface area contributed by atoms with Crippen LogP contribution in [0.3, 0.4) is 0 Å². The van der Waals surface area contributed by atoms with Crippen molar-refractivity contribution in [1.29, 1.82) is 0 Å². The Balaban J connectivity index is 1.28. The number of hydrogen-bond donors (Lipinski definition) is 0. The monoisotopic (exact) mass is 498 g/mol.